The maximum atomic E-state index is 11.7. The topological polar surface area (TPSA) is 119 Å². The highest BCUT2D eigenvalue weighted by Gasteiger charge is 2.51. The van der Waals surface area contributed by atoms with Gasteiger partial charge in [0.1, 0.15) is 0 Å². The summed E-state index contributed by atoms with van der Waals surface area (Å²) in [4.78, 5) is 11.7. The molecule has 0 aromatic carbocycles. The Morgan fingerprint density at radius 1 is 1.59 bits per heavy atom. The van der Waals surface area contributed by atoms with E-state index in [9.17, 15) is 4.79 Å². The second-order valence-corrected chi connectivity index (χ2v) is 4.45. The van der Waals surface area contributed by atoms with Crippen LogP contribution in [0.4, 0.5) is 0 Å². The highest BCUT2D eigenvalue weighted by molar-refractivity contribution is 5.90. The SMILES string of the molecule is NC1C2CCCOC2C1NC(=O)c1nn[nH]n1. The number of amides is 1. The van der Waals surface area contributed by atoms with Gasteiger partial charge < -0.3 is 15.8 Å². The summed E-state index contributed by atoms with van der Waals surface area (Å²) in [5, 5.41) is 15.6. The Morgan fingerprint density at radius 2 is 2.47 bits per heavy atom. The zero-order valence-electron chi connectivity index (χ0n) is 9.17. The number of hydrogen-bond acceptors (Lipinski definition) is 6. The molecule has 0 spiro atoms. The molecule has 4 N–H and O–H groups in total. The number of carbonyl (C=O) groups is 1. The minimum absolute atomic E-state index is 0.0245. The van der Waals surface area contributed by atoms with Gasteiger partial charge in [0.05, 0.1) is 12.1 Å². The standard InChI is InChI=1S/C9H14N6O2/c10-5-4-2-1-3-17-7(4)6(5)11-9(16)8-12-14-15-13-8/h4-7H,1-3,10H2,(H,11,16)(H,12,13,14,15). The number of ether oxygens (including phenoxy) is 1. The third-order valence-electron chi connectivity index (χ3n) is 3.52. The number of hydrogen-bond donors (Lipinski definition) is 3. The van der Waals surface area contributed by atoms with Crippen LogP contribution < -0.4 is 11.1 Å². The number of nitrogens with zero attached hydrogens (tertiary/aromatic N) is 3. The van der Waals surface area contributed by atoms with E-state index in [1.54, 1.807) is 0 Å². The van der Waals surface area contributed by atoms with Crippen LogP contribution in [0.3, 0.4) is 0 Å². The normalized spacial score (nSPS) is 35.8. The molecule has 0 bridgehead atoms. The average molecular weight is 238 g/mol. The molecule has 4 unspecified atom stereocenters. The molecule has 1 aliphatic heterocycles. The number of H-pyrrole nitrogens is 1. The molecule has 2 heterocycles. The predicted octanol–water partition coefficient (Wildman–Crippen LogP) is -1.57. The summed E-state index contributed by atoms with van der Waals surface area (Å²) < 4.78 is 5.62. The lowest BCUT2D eigenvalue weighted by molar-refractivity contribution is -0.117. The van der Waals surface area contributed by atoms with E-state index in [1.807, 2.05) is 0 Å². The van der Waals surface area contributed by atoms with Gasteiger partial charge in [-0.15, -0.1) is 10.2 Å². The van der Waals surface area contributed by atoms with Crippen LogP contribution in [0.5, 0.6) is 0 Å². The fourth-order valence-corrected chi connectivity index (χ4v) is 2.60. The molecule has 3 rings (SSSR count). The van der Waals surface area contributed by atoms with Gasteiger partial charge in [0.15, 0.2) is 0 Å². The molecule has 1 aromatic rings. The van der Waals surface area contributed by atoms with Crippen LogP contribution in [0.2, 0.25) is 0 Å². The van der Waals surface area contributed by atoms with Gasteiger partial charge in [-0.25, -0.2) is 0 Å². The smallest absolute Gasteiger partial charge is 0.293 e. The first-order chi connectivity index (χ1) is 8.27. The van der Waals surface area contributed by atoms with Crippen molar-refractivity contribution in [2.75, 3.05) is 6.61 Å². The Morgan fingerprint density at radius 3 is 3.24 bits per heavy atom. The second kappa shape index (κ2) is 4.04. The lowest BCUT2D eigenvalue weighted by atomic mass is 9.68. The molecule has 2 aliphatic rings. The predicted molar refractivity (Wildman–Crippen MR) is 55.9 cm³/mol. The lowest BCUT2D eigenvalue weighted by Gasteiger charge is -2.52. The van der Waals surface area contributed by atoms with Crippen molar-refractivity contribution in [1.82, 2.24) is 25.9 Å². The number of nitrogens with two attached hydrogens (primary N) is 1. The van der Waals surface area contributed by atoms with Gasteiger partial charge in [0.25, 0.3) is 11.7 Å². The molecule has 8 heteroatoms. The fourth-order valence-electron chi connectivity index (χ4n) is 2.60. The summed E-state index contributed by atoms with van der Waals surface area (Å²) in [6.07, 6.45) is 2.15. The first-order valence-corrected chi connectivity index (χ1v) is 5.69. The Bertz CT molecular complexity index is 408. The summed E-state index contributed by atoms with van der Waals surface area (Å²) in [7, 11) is 0. The molecule has 2 fully saturated rings. The van der Waals surface area contributed by atoms with E-state index >= 15 is 0 Å². The van der Waals surface area contributed by atoms with Crippen LogP contribution in [-0.4, -0.2) is 51.3 Å². The molecule has 1 aliphatic carbocycles. The third-order valence-corrected chi connectivity index (χ3v) is 3.52. The molecular formula is C9H14N6O2. The van der Waals surface area contributed by atoms with Crippen LogP contribution in [0.15, 0.2) is 0 Å². The molecule has 92 valence electrons. The van der Waals surface area contributed by atoms with Gasteiger partial charge in [0, 0.05) is 18.6 Å². The van der Waals surface area contributed by atoms with Gasteiger partial charge in [0.2, 0.25) is 0 Å². The van der Waals surface area contributed by atoms with Crippen molar-refractivity contribution in [3.05, 3.63) is 5.82 Å². The van der Waals surface area contributed by atoms with Gasteiger partial charge in [-0.3, -0.25) is 4.79 Å². The van der Waals surface area contributed by atoms with Gasteiger partial charge in [-0.2, -0.15) is 5.21 Å². The van der Waals surface area contributed by atoms with Crippen molar-refractivity contribution in [2.24, 2.45) is 11.7 Å². The largest absolute Gasteiger partial charge is 0.376 e. The zero-order chi connectivity index (χ0) is 11.8. The molecule has 1 saturated carbocycles. The molecule has 1 saturated heterocycles. The van der Waals surface area contributed by atoms with E-state index in [0.717, 1.165) is 19.4 Å². The molecule has 4 atom stereocenters. The van der Waals surface area contributed by atoms with Gasteiger partial charge in [-0.05, 0) is 18.1 Å². The number of carbonyl (C=O) groups excluding carboxylic acids is 1. The number of aromatic nitrogens is 4. The van der Waals surface area contributed by atoms with Crippen LogP contribution in [0.25, 0.3) is 0 Å². The van der Waals surface area contributed by atoms with Crippen LogP contribution in [-0.2, 0) is 4.74 Å². The van der Waals surface area contributed by atoms with E-state index < -0.39 is 0 Å². The van der Waals surface area contributed by atoms with Crippen molar-refractivity contribution in [3.8, 4) is 0 Å². The van der Waals surface area contributed by atoms with E-state index in [-0.39, 0.29) is 29.9 Å². The summed E-state index contributed by atoms with van der Waals surface area (Å²) >= 11 is 0. The number of tetrazole rings is 1. The number of aromatic amines is 1. The van der Waals surface area contributed by atoms with Crippen LogP contribution >= 0.6 is 0 Å². The van der Waals surface area contributed by atoms with E-state index in [4.69, 9.17) is 10.5 Å². The summed E-state index contributed by atoms with van der Waals surface area (Å²) in [5.41, 5.74) is 6.02. The zero-order valence-corrected chi connectivity index (χ0v) is 9.17. The lowest BCUT2D eigenvalue weighted by Crippen LogP contribution is -2.72. The monoisotopic (exact) mass is 238 g/mol. The molecule has 0 radical (unpaired) electrons. The van der Waals surface area contributed by atoms with Crippen molar-refractivity contribution in [1.29, 1.82) is 0 Å². The summed E-state index contributed by atoms with van der Waals surface area (Å²) in [6.45, 7) is 0.739. The van der Waals surface area contributed by atoms with Crippen molar-refractivity contribution >= 4 is 5.91 Å². The van der Waals surface area contributed by atoms with E-state index in [0.29, 0.717) is 5.92 Å². The Balaban J connectivity index is 1.64. The molecule has 1 amide bonds. The minimum atomic E-state index is -0.369. The van der Waals surface area contributed by atoms with Crippen LogP contribution in [0, 0.1) is 5.92 Å². The van der Waals surface area contributed by atoms with Crippen molar-refractivity contribution < 1.29 is 9.53 Å². The average Bonchev–Trinajstić information content (AvgIpc) is 2.89. The summed E-state index contributed by atoms with van der Waals surface area (Å²) in [5.74, 6) is 0.0163. The van der Waals surface area contributed by atoms with Crippen molar-refractivity contribution in [2.45, 2.75) is 31.0 Å². The highest BCUT2D eigenvalue weighted by Crippen LogP contribution is 2.36. The minimum Gasteiger partial charge on any atom is -0.376 e. The number of fused-ring (bicyclic) bond motifs is 1. The Labute approximate surface area is 97.3 Å². The highest BCUT2D eigenvalue weighted by atomic mass is 16.5. The molecule has 17 heavy (non-hydrogen) atoms. The van der Waals surface area contributed by atoms with Crippen molar-refractivity contribution in [3.63, 3.8) is 0 Å². The first-order valence-electron chi connectivity index (χ1n) is 5.69. The third kappa shape index (κ3) is 1.69. The quantitative estimate of drug-likeness (QED) is 0.573. The second-order valence-electron chi connectivity index (χ2n) is 4.45. The van der Waals surface area contributed by atoms with E-state index in [1.165, 1.54) is 0 Å². The maximum absolute atomic E-state index is 11.7. The Hall–Kier alpha value is -1.54. The molecular weight excluding hydrogens is 224 g/mol. The molecule has 8 nitrogen and oxygen atoms in total. The first kappa shape index (κ1) is 10.6. The van der Waals surface area contributed by atoms with Gasteiger partial charge in [-0.1, -0.05) is 0 Å². The van der Waals surface area contributed by atoms with Gasteiger partial charge >= 0.3 is 0 Å². The van der Waals surface area contributed by atoms with E-state index in [2.05, 4.69) is 25.9 Å². The Kier molecular flexibility index (Phi) is 2.52. The maximum Gasteiger partial charge on any atom is 0.293 e. The fraction of sp³-hybridized carbons (Fsp3) is 0.778. The number of nitrogens with one attached hydrogen (secondary N) is 2. The summed E-state index contributed by atoms with van der Waals surface area (Å²) in [6, 6.07) is -0.192. The number of rotatable bonds is 2. The molecule has 1 aromatic heterocycles. The van der Waals surface area contributed by atoms with Crippen LogP contribution in [0.1, 0.15) is 23.5 Å².